The number of hydrogen-bond acceptors (Lipinski definition) is 5. The summed E-state index contributed by atoms with van der Waals surface area (Å²) in [5.41, 5.74) is 2.08. The summed E-state index contributed by atoms with van der Waals surface area (Å²) in [4.78, 5) is 37.1. The Morgan fingerprint density at radius 3 is 2.59 bits per heavy atom. The minimum Gasteiger partial charge on any atom is -0.454 e. The highest BCUT2D eigenvalue weighted by Crippen LogP contribution is 2.20. The van der Waals surface area contributed by atoms with Crippen molar-refractivity contribution in [1.29, 1.82) is 0 Å². The van der Waals surface area contributed by atoms with Crippen LogP contribution >= 0.6 is 11.6 Å². The van der Waals surface area contributed by atoms with E-state index < -0.39 is 24.4 Å². The zero-order chi connectivity index (χ0) is 20.0. The van der Waals surface area contributed by atoms with Crippen LogP contribution in [0.25, 0.3) is 0 Å². The zero-order valence-corrected chi connectivity index (χ0v) is 16.1. The van der Waals surface area contributed by atoms with E-state index in [-0.39, 0.29) is 13.1 Å². The van der Waals surface area contributed by atoms with Crippen LogP contribution in [0.2, 0.25) is 5.02 Å². The van der Waals surface area contributed by atoms with Crippen molar-refractivity contribution in [2.75, 3.05) is 25.5 Å². The third-order valence-electron chi connectivity index (χ3n) is 3.69. The molecule has 0 radical (unpaired) electrons. The van der Waals surface area contributed by atoms with E-state index in [0.29, 0.717) is 10.7 Å². The third kappa shape index (κ3) is 6.10. The summed E-state index contributed by atoms with van der Waals surface area (Å²) in [5.74, 6) is -1.48. The van der Waals surface area contributed by atoms with Crippen LogP contribution in [0.15, 0.2) is 30.3 Å². The molecule has 1 N–H and O–H groups in total. The Morgan fingerprint density at radius 1 is 1.26 bits per heavy atom. The predicted molar refractivity (Wildman–Crippen MR) is 100 cm³/mol. The highest BCUT2D eigenvalue weighted by Gasteiger charge is 2.16. The van der Waals surface area contributed by atoms with Crippen LogP contribution in [-0.2, 0) is 25.7 Å². The maximum atomic E-state index is 12.0. The van der Waals surface area contributed by atoms with E-state index in [1.54, 1.807) is 24.3 Å². The number of aromatic nitrogens is 2. The number of halogens is 1. The number of nitrogens with one attached hydrogen (secondary N) is 1. The molecule has 0 fully saturated rings. The summed E-state index contributed by atoms with van der Waals surface area (Å²) < 4.78 is 6.47. The van der Waals surface area contributed by atoms with Gasteiger partial charge in [0.1, 0.15) is 6.54 Å². The average Bonchev–Trinajstić information content (AvgIpc) is 2.91. The lowest BCUT2D eigenvalue weighted by molar-refractivity contribution is -0.152. The number of amides is 2. The van der Waals surface area contributed by atoms with Crippen LogP contribution in [-0.4, -0.2) is 52.7 Å². The normalized spacial score (nSPS) is 10.4. The summed E-state index contributed by atoms with van der Waals surface area (Å²) in [6, 6.07) is 8.62. The van der Waals surface area contributed by atoms with Crippen LogP contribution in [0.4, 0.5) is 5.69 Å². The van der Waals surface area contributed by atoms with E-state index in [9.17, 15) is 14.4 Å². The Morgan fingerprint density at radius 2 is 1.96 bits per heavy atom. The monoisotopic (exact) mass is 392 g/mol. The summed E-state index contributed by atoms with van der Waals surface area (Å²) in [7, 11) is 1.45. The van der Waals surface area contributed by atoms with Gasteiger partial charge in [-0.25, -0.2) is 0 Å². The molecule has 8 nitrogen and oxygen atoms in total. The van der Waals surface area contributed by atoms with Crippen LogP contribution in [0.5, 0.6) is 0 Å². The second-order valence-corrected chi connectivity index (χ2v) is 6.43. The fourth-order valence-corrected chi connectivity index (χ4v) is 2.49. The lowest BCUT2D eigenvalue weighted by Crippen LogP contribution is -2.37. The molecule has 1 aromatic carbocycles. The van der Waals surface area contributed by atoms with Crippen LogP contribution < -0.4 is 5.32 Å². The molecule has 27 heavy (non-hydrogen) atoms. The standard InChI is InChI=1S/C18H21ClN4O4/c1-12-8-13(2)23(21-12)10-18(26)27-11-17(25)22(3)9-16(24)20-15-7-5-4-6-14(15)19/h4-8H,9-11H2,1-3H3,(H,20,24). The first-order valence-electron chi connectivity index (χ1n) is 8.21. The Bertz CT molecular complexity index is 850. The SMILES string of the molecule is Cc1cc(C)n(CC(=O)OCC(=O)N(C)CC(=O)Nc2ccccc2Cl)n1. The average molecular weight is 393 g/mol. The van der Waals surface area contributed by atoms with Crippen molar-refractivity contribution in [3.8, 4) is 0 Å². The van der Waals surface area contributed by atoms with Crippen molar-refractivity contribution in [2.45, 2.75) is 20.4 Å². The predicted octanol–water partition coefficient (Wildman–Crippen LogP) is 1.79. The number of hydrogen-bond donors (Lipinski definition) is 1. The van der Waals surface area contributed by atoms with E-state index in [1.165, 1.54) is 16.6 Å². The molecular formula is C18H21ClN4O4. The quantitative estimate of drug-likeness (QED) is 0.725. The molecule has 1 aromatic heterocycles. The molecular weight excluding hydrogens is 372 g/mol. The van der Waals surface area contributed by atoms with Gasteiger partial charge in [0, 0.05) is 12.7 Å². The van der Waals surface area contributed by atoms with E-state index in [1.807, 2.05) is 19.9 Å². The van der Waals surface area contributed by atoms with Crippen molar-refractivity contribution < 1.29 is 19.1 Å². The molecule has 144 valence electrons. The molecule has 2 amide bonds. The smallest absolute Gasteiger partial charge is 0.328 e. The molecule has 0 atom stereocenters. The number of likely N-dealkylation sites (N-methyl/N-ethyl adjacent to an activating group) is 1. The second-order valence-electron chi connectivity index (χ2n) is 6.02. The Balaban J connectivity index is 1.77. The number of carbonyl (C=O) groups excluding carboxylic acids is 3. The molecule has 1 heterocycles. The van der Waals surface area contributed by atoms with Crippen molar-refractivity contribution in [3.05, 3.63) is 46.7 Å². The molecule has 2 aromatic rings. The third-order valence-corrected chi connectivity index (χ3v) is 4.02. The molecule has 0 aliphatic rings. The molecule has 0 spiro atoms. The van der Waals surface area contributed by atoms with Gasteiger partial charge < -0.3 is 15.0 Å². The van der Waals surface area contributed by atoms with Crippen LogP contribution in [0.1, 0.15) is 11.4 Å². The first-order chi connectivity index (χ1) is 12.8. The van der Waals surface area contributed by atoms with Gasteiger partial charge in [0.2, 0.25) is 5.91 Å². The second kappa shape index (κ2) is 9.18. The zero-order valence-electron chi connectivity index (χ0n) is 15.4. The minimum absolute atomic E-state index is 0.0797. The molecule has 0 saturated heterocycles. The number of para-hydroxylation sites is 1. The number of nitrogens with zero attached hydrogens (tertiary/aromatic N) is 3. The Hall–Kier alpha value is -2.87. The Labute approximate surface area is 162 Å². The number of esters is 1. The fraction of sp³-hybridized carbons (Fsp3) is 0.333. The number of anilines is 1. The number of ether oxygens (including phenoxy) is 1. The number of aryl methyl sites for hydroxylation is 2. The molecule has 2 rings (SSSR count). The lowest BCUT2D eigenvalue weighted by Gasteiger charge is -2.17. The van der Waals surface area contributed by atoms with E-state index in [4.69, 9.17) is 16.3 Å². The van der Waals surface area contributed by atoms with Crippen molar-refractivity contribution in [2.24, 2.45) is 0 Å². The number of benzene rings is 1. The van der Waals surface area contributed by atoms with Gasteiger partial charge in [0.25, 0.3) is 5.91 Å². The first kappa shape index (κ1) is 20.4. The maximum Gasteiger partial charge on any atom is 0.328 e. The molecule has 0 aliphatic heterocycles. The van der Waals surface area contributed by atoms with E-state index in [2.05, 4.69) is 10.4 Å². The molecule has 0 bridgehead atoms. The molecule has 0 saturated carbocycles. The summed E-state index contributed by atoms with van der Waals surface area (Å²) in [5, 5.41) is 7.17. The van der Waals surface area contributed by atoms with Crippen molar-refractivity contribution in [3.63, 3.8) is 0 Å². The van der Waals surface area contributed by atoms with Gasteiger partial charge in [-0.15, -0.1) is 0 Å². The minimum atomic E-state index is -0.580. The van der Waals surface area contributed by atoms with E-state index in [0.717, 1.165) is 11.4 Å². The van der Waals surface area contributed by atoms with Gasteiger partial charge in [-0.3, -0.25) is 19.1 Å². The molecule has 9 heteroatoms. The molecule has 0 aliphatic carbocycles. The number of rotatable bonds is 7. The summed E-state index contributed by atoms with van der Waals surface area (Å²) in [6.07, 6.45) is 0. The van der Waals surface area contributed by atoms with Gasteiger partial charge >= 0.3 is 5.97 Å². The topological polar surface area (TPSA) is 93.5 Å². The first-order valence-corrected chi connectivity index (χ1v) is 8.59. The van der Waals surface area contributed by atoms with Gasteiger partial charge in [0.05, 0.1) is 22.9 Å². The van der Waals surface area contributed by atoms with Crippen molar-refractivity contribution in [1.82, 2.24) is 14.7 Å². The van der Waals surface area contributed by atoms with Crippen LogP contribution in [0.3, 0.4) is 0 Å². The fourth-order valence-electron chi connectivity index (χ4n) is 2.31. The van der Waals surface area contributed by atoms with Crippen molar-refractivity contribution >= 4 is 35.1 Å². The van der Waals surface area contributed by atoms with E-state index >= 15 is 0 Å². The summed E-state index contributed by atoms with van der Waals surface area (Å²) >= 11 is 5.97. The lowest BCUT2D eigenvalue weighted by atomic mass is 10.3. The Kier molecular flexibility index (Phi) is 6.95. The van der Waals surface area contributed by atoms with Gasteiger partial charge in [0.15, 0.2) is 6.61 Å². The largest absolute Gasteiger partial charge is 0.454 e. The molecule has 0 unspecified atom stereocenters. The van der Waals surface area contributed by atoms with Gasteiger partial charge in [-0.1, -0.05) is 23.7 Å². The maximum absolute atomic E-state index is 12.0. The van der Waals surface area contributed by atoms with Gasteiger partial charge in [-0.2, -0.15) is 5.10 Å². The van der Waals surface area contributed by atoms with Gasteiger partial charge in [-0.05, 0) is 32.0 Å². The number of carbonyl (C=O) groups is 3. The highest BCUT2D eigenvalue weighted by molar-refractivity contribution is 6.33. The summed E-state index contributed by atoms with van der Waals surface area (Å²) in [6.45, 7) is 2.92. The van der Waals surface area contributed by atoms with Crippen LogP contribution in [0, 0.1) is 13.8 Å². The highest BCUT2D eigenvalue weighted by atomic mass is 35.5.